The van der Waals surface area contributed by atoms with E-state index in [-0.39, 0.29) is 0 Å². The van der Waals surface area contributed by atoms with Gasteiger partial charge in [0.1, 0.15) is 0 Å². The Balaban J connectivity index is 1.92. The van der Waals surface area contributed by atoms with Crippen molar-refractivity contribution in [2.45, 2.75) is 12.8 Å². The molecule has 0 atom stereocenters. The van der Waals surface area contributed by atoms with Gasteiger partial charge in [0.05, 0.1) is 0 Å². The Morgan fingerprint density at radius 1 is 1.11 bits per heavy atom. The molecule has 2 N–H and O–H groups in total. The summed E-state index contributed by atoms with van der Waals surface area (Å²) in [7, 11) is 0. The average molecular weight is 255 g/mol. The molecular formula is C16H17NS. The zero-order chi connectivity index (χ0) is 12.8. The molecule has 0 bridgehead atoms. The molecule has 0 saturated heterocycles. The minimum absolute atomic E-state index is 0.725. The molecule has 0 saturated carbocycles. The lowest BCUT2D eigenvalue weighted by molar-refractivity contribution is 1.15. The molecule has 1 aromatic carbocycles. The molecule has 0 unspecified atom stereocenters. The van der Waals surface area contributed by atoms with Gasteiger partial charge in [0, 0.05) is 28.3 Å². The molecule has 18 heavy (non-hydrogen) atoms. The quantitative estimate of drug-likeness (QED) is 0.858. The van der Waals surface area contributed by atoms with Crippen molar-refractivity contribution in [3.8, 4) is 0 Å². The minimum Gasteiger partial charge on any atom is -0.402 e. The monoisotopic (exact) mass is 255 g/mol. The number of nitrogens with two attached hydrogens (primary N) is 1. The maximum atomic E-state index is 5.61. The van der Waals surface area contributed by atoms with Gasteiger partial charge in [-0.05, 0) is 17.7 Å². The van der Waals surface area contributed by atoms with E-state index in [1.165, 1.54) is 15.3 Å². The highest BCUT2D eigenvalue weighted by molar-refractivity contribution is 7.12. The van der Waals surface area contributed by atoms with Crippen molar-refractivity contribution in [3.63, 3.8) is 0 Å². The van der Waals surface area contributed by atoms with E-state index < -0.39 is 0 Å². The van der Waals surface area contributed by atoms with Gasteiger partial charge in [-0.2, -0.15) is 0 Å². The van der Waals surface area contributed by atoms with E-state index >= 15 is 0 Å². The Bertz CT molecular complexity index is 537. The van der Waals surface area contributed by atoms with Gasteiger partial charge < -0.3 is 5.73 Å². The number of benzene rings is 1. The van der Waals surface area contributed by atoms with Gasteiger partial charge in [-0.15, -0.1) is 11.3 Å². The molecule has 0 fully saturated rings. The van der Waals surface area contributed by atoms with Gasteiger partial charge in [0.2, 0.25) is 0 Å². The fourth-order valence-corrected chi connectivity index (χ4v) is 2.77. The largest absolute Gasteiger partial charge is 0.402 e. The summed E-state index contributed by atoms with van der Waals surface area (Å²) < 4.78 is 0. The number of rotatable bonds is 5. The highest BCUT2D eigenvalue weighted by Crippen LogP contribution is 2.19. The molecule has 1 aromatic heterocycles. The minimum atomic E-state index is 0.725. The van der Waals surface area contributed by atoms with Crippen LogP contribution in [0.25, 0.3) is 6.08 Å². The van der Waals surface area contributed by atoms with Gasteiger partial charge in [-0.1, -0.05) is 49.1 Å². The topological polar surface area (TPSA) is 26.0 Å². The van der Waals surface area contributed by atoms with Crippen LogP contribution in [-0.2, 0) is 12.8 Å². The van der Waals surface area contributed by atoms with Gasteiger partial charge in [0.25, 0.3) is 0 Å². The predicted molar refractivity (Wildman–Crippen MR) is 80.5 cm³/mol. The molecule has 0 aliphatic heterocycles. The second kappa shape index (κ2) is 6.22. The highest BCUT2D eigenvalue weighted by Gasteiger charge is 1.99. The molecule has 2 heteroatoms. The molecule has 0 aliphatic rings. The van der Waals surface area contributed by atoms with E-state index in [2.05, 4.69) is 55.1 Å². The smallest absolute Gasteiger partial charge is 0.0209 e. The lowest BCUT2D eigenvalue weighted by Gasteiger charge is -1.94. The van der Waals surface area contributed by atoms with Crippen LogP contribution in [0.15, 0.2) is 60.8 Å². The number of thiophene rings is 1. The van der Waals surface area contributed by atoms with E-state index in [1.54, 1.807) is 11.3 Å². The Hall–Kier alpha value is -1.80. The van der Waals surface area contributed by atoms with E-state index in [1.807, 2.05) is 6.07 Å². The fourth-order valence-electron chi connectivity index (χ4n) is 1.73. The molecular weight excluding hydrogens is 238 g/mol. The third-order valence-corrected chi connectivity index (χ3v) is 3.66. The van der Waals surface area contributed by atoms with Crippen molar-refractivity contribution >= 4 is 17.4 Å². The maximum absolute atomic E-state index is 5.61. The van der Waals surface area contributed by atoms with Crippen LogP contribution in [0.1, 0.15) is 15.3 Å². The summed E-state index contributed by atoms with van der Waals surface area (Å²) in [5.41, 5.74) is 7.57. The second-order valence-corrected chi connectivity index (χ2v) is 5.47. The molecule has 1 nitrogen and oxygen atoms in total. The molecule has 92 valence electrons. The third kappa shape index (κ3) is 3.90. The van der Waals surface area contributed by atoms with Crippen LogP contribution in [0.4, 0.5) is 0 Å². The summed E-state index contributed by atoms with van der Waals surface area (Å²) in [4.78, 5) is 2.64. The SMILES string of the molecule is C=C(N)Cc1ccc(CC=Cc2ccccc2)s1. The molecule has 1 heterocycles. The molecule has 0 aliphatic carbocycles. The van der Waals surface area contributed by atoms with Crippen LogP contribution in [-0.4, -0.2) is 0 Å². The summed E-state index contributed by atoms with van der Waals surface area (Å²) in [5.74, 6) is 0. The van der Waals surface area contributed by atoms with Crippen molar-refractivity contribution in [1.29, 1.82) is 0 Å². The first-order valence-corrected chi connectivity index (χ1v) is 6.78. The highest BCUT2D eigenvalue weighted by atomic mass is 32.1. The summed E-state index contributed by atoms with van der Waals surface area (Å²) in [6, 6.07) is 14.6. The normalized spacial score (nSPS) is 10.9. The van der Waals surface area contributed by atoms with E-state index in [0.717, 1.165) is 18.5 Å². The summed E-state index contributed by atoms with van der Waals surface area (Å²) in [6.07, 6.45) is 6.10. The first-order valence-electron chi connectivity index (χ1n) is 5.96. The molecule has 0 amide bonds. The summed E-state index contributed by atoms with van der Waals surface area (Å²) >= 11 is 1.80. The van der Waals surface area contributed by atoms with Crippen molar-refractivity contribution in [1.82, 2.24) is 0 Å². The molecule has 2 aromatic rings. The van der Waals surface area contributed by atoms with E-state index in [9.17, 15) is 0 Å². The lowest BCUT2D eigenvalue weighted by atomic mass is 10.2. The Morgan fingerprint density at radius 3 is 2.56 bits per heavy atom. The van der Waals surface area contributed by atoms with Crippen molar-refractivity contribution in [2.24, 2.45) is 5.73 Å². The zero-order valence-electron chi connectivity index (χ0n) is 10.3. The number of hydrogen-bond acceptors (Lipinski definition) is 2. The summed E-state index contributed by atoms with van der Waals surface area (Å²) in [6.45, 7) is 3.73. The van der Waals surface area contributed by atoms with Crippen molar-refractivity contribution in [3.05, 3.63) is 76.1 Å². The third-order valence-electron chi connectivity index (χ3n) is 2.55. The Morgan fingerprint density at radius 2 is 1.83 bits per heavy atom. The van der Waals surface area contributed by atoms with Gasteiger partial charge in [-0.25, -0.2) is 0 Å². The van der Waals surface area contributed by atoms with Crippen LogP contribution in [0.3, 0.4) is 0 Å². The Kier molecular flexibility index (Phi) is 4.37. The van der Waals surface area contributed by atoms with Crippen LogP contribution in [0.2, 0.25) is 0 Å². The standard InChI is InChI=1S/C16H17NS/c1-13(17)12-16-11-10-15(18-16)9-5-8-14-6-3-2-4-7-14/h2-8,10-11H,1,9,12,17H2. The average Bonchev–Trinajstić information content (AvgIpc) is 2.77. The Labute approximate surface area is 112 Å². The van der Waals surface area contributed by atoms with Gasteiger partial charge in [-0.3, -0.25) is 0 Å². The van der Waals surface area contributed by atoms with Crippen molar-refractivity contribution in [2.75, 3.05) is 0 Å². The predicted octanol–water partition coefficient (Wildman–Crippen LogP) is 4.02. The van der Waals surface area contributed by atoms with Crippen LogP contribution < -0.4 is 5.73 Å². The fraction of sp³-hybridized carbons (Fsp3) is 0.125. The van der Waals surface area contributed by atoms with Gasteiger partial charge in [0.15, 0.2) is 0 Å². The molecule has 2 rings (SSSR count). The maximum Gasteiger partial charge on any atom is 0.0209 e. The number of hydrogen-bond donors (Lipinski definition) is 1. The second-order valence-electron chi connectivity index (χ2n) is 4.22. The zero-order valence-corrected chi connectivity index (χ0v) is 11.1. The van der Waals surface area contributed by atoms with Crippen LogP contribution in [0, 0.1) is 0 Å². The molecule has 0 spiro atoms. The van der Waals surface area contributed by atoms with E-state index in [4.69, 9.17) is 5.73 Å². The van der Waals surface area contributed by atoms with Crippen LogP contribution in [0.5, 0.6) is 0 Å². The lowest BCUT2D eigenvalue weighted by Crippen LogP contribution is -1.96. The van der Waals surface area contributed by atoms with Crippen LogP contribution >= 0.6 is 11.3 Å². The number of allylic oxidation sites excluding steroid dienone is 2. The summed E-state index contributed by atoms with van der Waals surface area (Å²) in [5, 5.41) is 0. The van der Waals surface area contributed by atoms with E-state index in [0.29, 0.717) is 0 Å². The molecule has 0 radical (unpaired) electrons. The van der Waals surface area contributed by atoms with Crippen molar-refractivity contribution < 1.29 is 0 Å². The van der Waals surface area contributed by atoms with Gasteiger partial charge >= 0.3 is 0 Å². The first-order chi connectivity index (χ1) is 8.74. The first kappa shape index (κ1) is 12.7.